The second kappa shape index (κ2) is 3.82. The minimum atomic E-state index is 0.155. The van der Waals surface area contributed by atoms with E-state index < -0.39 is 0 Å². The number of rotatable bonds is 3. The molecule has 0 aliphatic heterocycles. The van der Waals surface area contributed by atoms with Crippen LogP contribution in [0, 0.1) is 0 Å². The van der Waals surface area contributed by atoms with Gasteiger partial charge in [0, 0.05) is 30.2 Å². The van der Waals surface area contributed by atoms with Crippen molar-refractivity contribution in [3.63, 3.8) is 0 Å². The summed E-state index contributed by atoms with van der Waals surface area (Å²) >= 11 is 0. The maximum absolute atomic E-state index is 8.91. The zero-order valence-corrected chi connectivity index (χ0v) is 7.98. The lowest BCUT2D eigenvalue weighted by Gasteiger charge is -2.00. The summed E-state index contributed by atoms with van der Waals surface area (Å²) in [7, 11) is 0. The first-order valence-electron chi connectivity index (χ1n) is 4.74. The zero-order chi connectivity index (χ0) is 9.97. The number of nitrogens with zero attached hydrogens (tertiary/aromatic N) is 1. The highest BCUT2D eigenvalue weighted by Crippen LogP contribution is 2.20. The quantitative estimate of drug-likeness (QED) is 0.761. The molecule has 0 aliphatic rings. The molecule has 0 radical (unpaired) electrons. The third kappa shape index (κ3) is 1.41. The van der Waals surface area contributed by atoms with Gasteiger partial charge >= 0.3 is 0 Å². The van der Waals surface area contributed by atoms with Crippen LogP contribution in [0.2, 0.25) is 0 Å². The molecule has 0 aliphatic carbocycles. The van der Waals surface area contributed by atoms with Gasteiger partial charge in [-0.25, -0.2) is 0 Å². The van der Waals surface area contributed by atoms with Crippen LogP contribution in [-0.4, -0.2) is 16.3 Å². The van der Waals surface area contributed by atoms with Gasteiger partial charge in [-0.05, 0) is 11.6 Å². The fourth-order valence-electron chi connectivity index (χ4n) is 1.78. The molecule has 3 N–H and O–H groups in total. The van der Waals surface area contributed by atoms with Crippen molar-refractivity contribution in [3.8, 4) is 0 Å². The molecule has 1 heterocycles. The van der Waals surface area contributed by atoms with Crippen LogP contribution >= 0.6 is 0 Å². The van der Waals surface area contributed by atoms with E-state index in [1.807, 2.05) is 29.0 Å². The molecule has 0 fully saturated rings. The molecule has 0 atom stereocenters. The molecule has 1 aromatic heterocycles. The third-order valence-corrected chi connectivity index (χ3v) is 2.43. The van der Waals surface area contributed by atoms with E-state index in [0.717, 1.165) is 11.1 Å². The van der Waals surface area contributed by atoms with Crippen LogP contribution in [-0.2, 0) is 13.1 Å². The molecular weight excluding hydrogens is 176 g/mol. The van der Waals surface area contributed by atoms with E-state index in [9.17, 15) is 0 Å². The lowest BCUT2D eigenvalue weighted by atomic mass is 10.2. The van der Waals surface area contributed by atoms with E-state index in [0.29, 0.717) is 13.1 Å². The average molecular weight is 190 g/mol. The van der Waals surface area contributed by atoms with Gasteiger partial charge in [-0.15, -0.1) is 0 Å². The van der Waals surface area contributed by atoms with Crippen molar-refractivity contribution in [1.82, 2.24) is 4.57 Å². The van der Waals surface area contributed by atoms with Crippen LogP contribution in [0.5, 0.6) is 0 Å². The number of para-hydroxylation sites is 1. The molecule has 1 aromatic carbocycles. The molecule has 0 bridgehead atoms. The topological polar surface area (TPSA) is 51.2 Å². The normalized spacial score (nSPS) is 11.0. The lowest BCUT2D eigenvalue weighted by Crippen LogP contribution is -2.00. The number of hydrogen-bond acceptors (Lipinski definition) is 2. The minimum Gasteiger partial charge on any atom is -0.395 e. The highest BCUT2D eigenvalue weighted by Gasteiger charge is 2.05. The van der Waals surface area contributed by atoms with Gasteiger partial charge in [-0.3, -0.25) is 0 Å². The molecule has 3 heteroatoms. The second-order valence-corrected chi connectivity index (χ2v) is 3.29. The number of fused-ring (bicyclic) bond motifs is 1. The van der Waals surface area contributed by atoms with Gasteiger partial charge in [0.25, 0.3) is 0 Å². The molecular formula is C11H14N2O. The van der Waals surface area contributed by atoms with E-state index in [1.54, 1.807) is 0 Å². The van der Waals surface area contributed by atoms with Crippen LogP contribution < -0.4 is 5.73 Å². The Morgan fingerprint density at radius 2 is 2.07 bits per heavy atom. The monoisotopic (exact) mass is 190 g/mol. The third-order valence-electron chi connectivity index (χ3n) is 2.43. The standard InChI is InChI=1S/C11H14N2O/c12-7-9-8-13(5-6-14)11-4-2-1-3-10(9)11/h1-4,8,14H,5-7,12H2. The molecule has 0 saturated heterocycles. The van der Waals surface area contributed by atoms with Crippen LogP contribution in [0.1, 0.15) is 5.56 Å². The number of nitrogens with two attached hydrogens (primary N) is 1. The summed E-state index contributed by atoms with van der Waals surface area (Å²) in [6, 6.07) is 8.11. The number of benzene rings is 1. The predicted molar refractivity (Wildman–Crippen MR) is 56.9 cm³/mol. The fraction of sp³-hybridized carbons (Fsp3) is 0.273. The maximum Gasteiger partial charge on any atom is 0.0610 e. The van der Waals surface area contributed by atoms with E-state index in [2.05, 4.69) is 6.07 Å². The predicted octanol–water partition coefficient (Wildman–Crippen LogP) is 1.09. The van der Waals surface area contributed by atoms with Gasteiger partial charge in [0.2, 0.25) is 0 Å². The summed E-state index contributed by atoms with van der Waals surface area (Å²) in [5.74, 6) is 0. The van der Waals surface area contributed by atoms with Crippen LogP contribution in [0.3, 0.4) is 0 Å². The Morgan fingerprint density at radius 3 is 2.79 bits per heavy atom. The van der Waals surface area contributed by atoms with E-state index in [4.69, 9.17) is 10.8 Å². The van der Waals surface area contributed by atoms with E-state index >= 15 is 0 Å². The van der Waals surface area contributed by atoms with Crippen molar-refractivity contribution < 1.29 is 5.11 Å². The summed E-state index contributed by atoms with van der Waals surface area (Å²) in [4.78, 5) is 0. The smallest absolute Gasteiger partial charge is 0.0610 e. The van der Waals surface area contributed by atoms with Crippen molar-refractivity contribution >= 4 is 10.9 Å². The van der Waals surface area contributed by atoms with Crippen molar-refractivity contribution in [1.29, 1.82) is 0 Å². The molecule has 14 heavy (non-hydrogen) atoms. The summed E-state index contributed by atoms with van der Waals surface area (Å²) in [5.41, 5.74) is 7.92. The second-order valence-electron chi connectivity index (χ2n) is 3.29. The summed E-state index contributed by atoms with van der Waals surface area (Å²) in [6.07, 6.45) is 2.01. The molecule has 0 spiro atoms. The van der Waals surface area contributed by atoms with Gasteiger partial charge in [0.05, 0.1) is 6.61 Å². The molecule has 74 valence electrons. The summed E-state index contributed by atoms with van der Waals surface area (Å²) < 4.78 is 2.04. The van der Waals surface area contributed by atoms with Gasteiger partial charge in [-0.2, -0.15) is 0 Å². The Morgan fingerprint density at radius 1 is 1.29 bits per heavy atom. The van der Waals surface area contributed by atoms with Crippen molar-refractivity contribution in [2.75, 3.05) is 6.61 Å². The van der Waals surface area contributed by atoms with E-state index in [1.165, 1.54) is 5.39 Å². The van der Waals surface area contributed by atoms with Crippen LogP contribution in [0.25, 0.3) is 10.9 Å². The van der Waals surface area contributed by atoms with Gasteiger partial charge in [-0.1, -0.05) is 18.2 Å². The Balaban J connectivity index is 2.61. The summed E-state index contributed by atoms with van der Waals surface area (Å²) in [6.45, 7) is 1.32. The number of aliphatic hydroxyl groups excluding tert-OH is 1. The number of aliphatic hydroxyl groups is 1. The SMILES string of the molecule is NCc1cn(CCO)c2ccccc12. The molecule has 3 nitrogen and oxygen atoms in total. The lowest BCUT2D eigenvalue weighted by molar-refractivity contribution is 0.278. The van der Waals surface area contributed by atoms with Crippen molar-refractivity contribution in [2.45, 2.75) is 13.1 Å². The first-order valence-corrected chi connectivity index (χ1v) is 4.74. The molecule has 0 amide bonds. The zero-order valence-electron chi connectivity index (χ0n) is 7.98. The maximum atomic E-state index is 8.91. The highest BCUT2D eigenvalue weighted by atomic mass is 16.3. The molecule has 0 unspecified atom stereocenters. The Hall–Kier alpha value is -1.32. The average Bonchev–Trinajstić information content (AvgIpc) is 2.58. The Kier molecular flexibility index (Phi) is 2.52. The van der Waals surface area contributed by atoms with Crippen molar-refractivity contribution in [2.24, 2.45) is 5.73 Å². The van der Waals surface area contributed by atoms with Crippen LogP contribution in [0.15, 0.2) is 30.5 Å². The number of hydrogen-bond donors (Lipinski definition) is 2. The van der Waals surface area contributed by atoms with Gasteiger partial charge in [0.1, 0.15) is 0 Å². The molecule has 2 rings (SSSR count). The first-order chi connectivity index (χ1) is 6.86. The van der Waals surface area contributed by atoms with Crippen LogP contribution in [0.4, 0.5) is 0 Å². The minimum absolute atomic E-state index is 0.155. The molecule has 2 aromatic rings. The molecule has 0 saturated carbocycles. The van der Waals surface area contributed by atoms with E-state index in [-0.39, 0.29) is 6.61 Å². The Labute approximate surface area is 82.8 Å². The Bertz CT molecular complexity index is 434. The largest absolute Gasteiger partial charge is 0.395 e. The van der Waals surface area contributed by atoms with Gasteiger partial charge < -0.3 is 15.4 Å². The fourth-order valence-corrected chi connectivity index (χ4v) is 1.78. The summed E-state index contributed by atoms with van der Waals surface area (Å²) in [5, 5.41) is 10.1. The number of aromatic nitrogens is 1. The van der Waals surface area contributed by atoms with Crippen molar-refractivity contribution in [3.05, 3.63) is 36.0 Å². The highest BCUT2D eigenvalue weighted by molar-refractivity contribution is 5.83. The first kappa shape index (κ1) is 9.24. The van der Waals surface area contributed by atoms with Gasteiger partial charge in [0.15, 0.2) is 0 Å².